The molecule has 0 fully saturated rings. The quantitative estimate of drug-likeness (QED) is 0.638. The summed E-state index contributed by atoms with van der Waals surface area (Å²) in [6.07, 6.45) is 3.74. The molecule has 0 atom stereocenters. The predicted molar refractivity (Wildman–Crippen MR) is 75.7 cm³/mol. The fourth-order valence-corrected chi connectivity index (χ4v) is 1.66. The van der Waals surface area contributed by atoms with Crippen LogP contribution < -0.4 is 0 Å². The van der Waals surface area contributed by atoms with Gasteiger partial charge >= 0.3 is 0 Å². The SMILES string of the molecule is CC(C)(C)OC=O.Ic1c[nH]c2ncccc12. The van der Waals surface area contributed by atoms with Gasteiger partial charge in [0, 0.05) is 21.4 Å². The molecule has 0 saturated heterocycles. The molecule has 2 aromatic heterocycles. The molecule has 2 aromatic rings. The minimum atomic E-state index is -0.318. The lowest BCUT2D eigenvalue weighted by Gasteiger charge is -2.14. The summed E-state index contributed by atoms with van der Waals surface area (Å²) in [7, 11) is 0. The Kier molecular flexibility index (Phi) is 4.92. The maximum absolute atomic E-state index is 9.60. The number of nitrogens with one attached hydrogen (secondary N) is 1. The van der Waals surface area contributed by atoms with Crippen LogP contribution in [0, 0.1) is 3.57 Å². The van der Waals surface area contributed by atoms with Crippen LogP contribution in [0.2, 0.25) is 0 Å². The van der Waals surface area contributed by atoms with Crippen molar-refractivity contribution in [2.45, 2.75) is 26.4 Å². The van der Waals surface area contributed by atoms with Crippen molar-refractivity contribution >= 4 is 40.1 Å². The second-order valence-electron chi connectivity index (χ2n) is 4.36. The number of hydrogen-bond donors (Lipinski definition) is 1. The van der Waals surface area contributed by atoms with Crippen LogP contribution in [-0.4, -0.2) is 22.0 Å². The maximum Gasteiger partial charge on any atom is 0.293 e. The molecule has 0 aromatic carbocycles. The average molecular weight is 346 g/mol. The molecule has 0 saturated carbocycles. The van der Waals surface area contributed by atoms with E-state index in [1.165, 1.54) is 8.96 Å². The third kappa shape index (κ3) is 4.72. The molecule has 2 heterocycles. The highest BCUT2D eigenvalue weighted by molar-refractivity contribution is 14.1. The molecule has 0 aliphatic rings. The molecule has 92 valence electrons. The van der Waals surface area contributed by atoms with Gasteiger partial charge in [-0.15, -0.1) is 0 Å². The van der Waals surface area contributed by atoms with E-state index in [0.717, 1.165) is 5.65 Å². The first-order chi connectivity index (χ1) is 7.94. The monoisotopic (exact) mass is 346 g/mol. The lowest BCUT2D eigenvalue weighted by atomic mass is 10.2. The summed E-state index contributed by atoms with van der Waals surface area (Å²) >= 11 is 2.28. The average Bonchev–Trinajstić information content (AvgIpc) is 2.61. The first kappa shape index (κ1) is 14.0. The minimum absolute atomic E-state index is 0.318. The number of nitrogens with zero attached hydrogens (tertiary/aromatic N) is 1. The van der Waals surface area contributed by atoms with Gasteiger partial charge in [-0.05, 0) is 55.5 Å². The Bertz CT molecular complexity index is 488. The van der Waals surface area contributed by atoms with E-state index in [-0.39, 0.29) is 5.60 Å². The second-order valence-corrected chi connectivity index (χ2v) is 5.52. The molecule has 0 amide bonds. The van der Waals surface area contributed by atoms with Crippen molar-refractivity contribution in [1.82, 2.24) is 9.97 Å². The topological polar surface area (TPSA) is 55.0 Å². The van der Waals surface area contributed by atoms with Crippen molar-refractivity contribution in [3.05, 3.63) is 28.1 Å². The van der Waals surface area contributed by atoms with Gasteiger partial charge in [0.25, 0.3) is 6.47 Å². The minimum Gasteiger partial charge on any atom is -0.462 e. The van der Waals surface area contributed by atoms with E-state index >= 15 is 0 Å². The number of pyridine rings is 1. The molecule has 1 N–H and O–H groups in total. The van der Waals surface area contributed by atoms with E-state index in [9.17, 15) is 4.79 Å². The van der Waals surface area contributed by atoms with Crippen molar-refractivity contribution in [1.29, 1.82) is 0 Å². The van der Waals surface area contributed by atoms with Gasteiger partial charge in [-0.2, -0.15) is 0 Å². The first-order valence-electron chi connectivity index (χ1n) is 5.13. The fourth-order valence-electron chi connectivity index (χ4n) is 1.07. The van der Waals surface area contributed by atoms with Crippen molar-refractivity contribution in [2.24, 2.45) is 0 Å². The number of aromatic amines is 1. The van der Waals surface area contributed by atoms with Gasteiger partial charge in [0.1, 0.15) is 11.2 Å². The Hall–Kier alpha value is -1.11. The Balaban J connectivity index is 0.000000185. The second kappa shape index (κ2) is 6.00. The summed E-state index contributed by atoms with van der Waals surface area (Å²) in [6.45, 7) is 5.92. The van der Waals surface area contributed by atoms with Crippen molar-refractivity contribution in [3.63, 3.8) is 0 Å². The van der Waals surface area contributed by atoms with E-state index in [1.807, 2.05) is 33.0 Å². The lowest BCUT2D eigenvalue weighted by molar-refractivity contribution is -0.138. The van der Waals surface area contributed by atoms with Gasteiger partial charge in [0.05, 0.1) is 0 Å². The Morgan fingerprint density at radius 3 is 2.65 bits per heavy atom. The Morgan fingerprint density at radius 1 is 1.47 bits per heavy atom. The summed E-state index contributed by atoms with van der Waals surface area (Å²) in [4.78, 5) is 16.8. The number of rotatable bonds is 1. The van der Waals surface area contributed by atoms with Crippen LogP contribution in [0.15, 0.2) is 24.5 Å². The summed E-state index contributed by atoms with van der Waals surface area (Å²) in [5.41, 5.74) is 0.647. The van der Waals surface area contributed by atoms with Gasteiger partial charge in [-0.25, -0.2) is 4.98 Å². The smallest absolute Gasteiger partial charge is 0.293 e. The van der Waals surface area contributed by atoms with Gasteiger partial charge < -0.3 is 9.72 Å². The number of fused-ring (bicyclic) bond motifs is 1. The normalized spacial score (nSPS) is 10.6. The third-order valence-electron chi connectivity index (χ3n) is 1.80. The highest BCUT2D eigenvalue weighted by Gasteiger charge is 2.07. The van der Waals surface area contributed by atoms with Gasteiger partial charge in [0.2, 0.25) is 0 Å². The van der Waals surface area contributed by atoms with Crippen LogP contribution in [0.1, 0.15) is 20.8 Å². The number of carbonyl (C=O) groups is 1. The number of ether oxygens (including phenoxy) is 1. The number of aromatic nitrogens is 2. The molecule has 0 spiro atoms. The summed E-state index contributed by atoms with van der Waals surface area (Å²) in [5.74, 6) is 0. The van der Waals surface area contributed by atoms with Crippen LogP contribution in [0.25, 0.3) is 11.0 Å². The third-order valence-corrected chi connectivity index (χ3v) is 2.69. The van der Waals surface area contributed by atoms with Crippen molar-refractivity contribution in [2.75, 3.05) is 0 Å². The number of carbonyl (C=O) groups excluding carboxylic acids is 1. The summed E-state index contributed by atoms with van der Waals surface area (Å²) in [6, 6.07) is 4.00. The van der Waals surface area contributed by atoms with E-state index in [2.05, 4.69) is 43.4 Å². The summed E-state index contributed by atoms with van der Waals surface area (Å²) < 4.78 is 5.77. The Labute approximate surface area is 114 Å². The molecular formula is C12H15IN2O2. The lowest BCUT2D eigenvalue weighted by Crippen LogP contribution is -2.17. The zero-order chi connectivity index (χ0) is 12.9. The number of hydrogen-bond acceptors (Lipinski definition) is 3. The van der Waals surface area contributed by atoms with Gasteiger partial charge in [0.15, 0.2) is 0 Å². The molecule has 0 aliphatic heterocycles. The van der Waals surface area contributed by atoms with Crippen LogP contribution in [-0.2, 0) is 9.53 Å². The first-order valence-corrected chi connectivity index (χ1v) is 6.21. The zero-order valence-corrected chi connectivity index (χ0v) is 12.2. The van der Waals surface area contributed by atoms with Crippen LogP contribution in [0.5, 0.6) is 0 Å². The Morgan fingerprint density at radius 2 is 2.18 bits per heavy atom. The van der Waals surface area contributed by atoms with Crippen molar-refractivity contribution < 1.29 is 9.53 Å². The number of H-pyrrole nitrogens is 1. The predicted octanol–water partition coefficient (Wildman–Crippen LogP) is 3.13. The molecule has 17 heavy (non-hydrogen) atoms. The van der Waals surface area contributed by atoms with Crippen LogP contribution >= 0.6 is 22.6 Å². The molecule has 0 radical (unpaired) electrons. The molecule has 5 heteroatoms. The van der Waals surface area contributed by atoms with Crippen LogP contribution in [0.4, 0.5) is 0 Å². The number of halogens is 1. The molecule has 4 nitrogen and oxygen atoms in total. The highest BCUT2D eigenvalue weighted by atomic mass is 127. The molecule has 0 unspecified atom stereocenters. The zero-order valence-electron chi connectivity index (χ0n) is 10.0. The standard InChI is InChI=1S/C7H5IN2.C5H10O2/c8-6-4-10-7-5(6)2-1-3-9-7;1-5(2,3)7-4-6/h1-4H,(H,9,10);4H,1-3H3. The van der Waals surface area contributed by atoms with E-state index < -0.39 is 0 Å². The molecule has 0 bridgehead atoms. The van der Waals surface area contributed by atoms with Gasteiger partial charge in [-0.3, -0.25) is 4.79 Å². The molecular weight excluding hydrogens is 331 g/mol. The summed E-state index contributed by atoms with van der Waals surface area (Å²) in [5, 5.41) is 1.20. The van der Waals surface area contributed by atoms with Crippen molar-refractivity contribution in [3.8, 4) is 0 Å². The van der Waals surface area contributed by atoms with E-state index in [0.29, 0.717) is 6.47 Å². The van der Waals surface area contributed by atoms with E-state index in [4.69, 9.17) is 0 Å². The van der Waals surface area contributed by atoms with Crippen LogP contribution in [0.3, 0.4) is 0 Å². The van der Waals surface area contributed by atoms with E-state index in [1.54, 1.807) is 6.20 Å². The van der Waals surface area contributed by atoms with Gasteiger partial charge in [-0.1, -0.05) is 0 Å². The fraction of sp³-hybridized carbons (Fsp3) is 0.333. The largest absolute Gasteiger partial charge is 0.462 e. The molecule has 0 aliphatic carbocycles. The maximum atomic E-state index is 9.60. The highest BCUT2D eigenvalue weighted by Crippen LogP contribution is 2.16. The molecule has 2 rings (SSSR count).